The molecule has 0 aromatic heterocycles. The van der Waals surface area contributed by atoms with Crippen LogP contribution in [0.1, 0.15) is 20.8 Å². The first-order valence-electron chi connectivity index (χ1n) is 3.97. The van der Waals surface area contributed by atoms with Crippen molar-refractivity contribution in [3.63, 3.8) is 0 Å². The predicted octanol–water partition coefficient (Wildman–Crippen LogP) is 2.76. The molecule has 0 aromatic rings. The van der Waals surface area contributed by atoms with Crippen LogP contribution in [0.4, 0.5) is 0 Å². The van der Waals surface area contributed by atoms with Crippen molar-refractivity contribution in [3.05, 3.63) is 24.6 Å². The molecule has 0 spiro atoms. The average Bonchev–Trinajstić information content (AvgIpc) is 1.99. The molecule has 0 heterocycles. The topological polar surface area (TPSA) is 18.5 Å². The minimum atomic E-state index is -2.00. The van der Waals surface area contributed by atoms with Gasteiger partial charge in [-0.25, -0.2) is 4.89 Å². The van der Waals surface area contributed by atoms with E-state index in [1.54, 1.807) is 11.4 Å². The molecular formula is C9H18O2Si. The summed E-state index contributed by atoms with van der Waals surface area (Å²) in [5.74, 6) is 0. The Hall–Kier alpha value is -0.383. The molecule has 2 nitrogen and oxygen atoms in total. The lowest BCUT2D eigenvalue weighted by Gasteiger charge is -2.24. The van der Waals surface area contributed by atoms with Crippen LogP contribution in [0.2, 0.25) is 6.55 Å². The second kappa shape index (κ2) is 4.03. The predicted molar refractivity (Wildman–Crippen MR) is 53.9 cm³/mol. The largest absolute Gasteiger partial charge is 0.282 e. The summed E-state index contributed by atoms with van der Waals surface area (Å²) in [5.41, 5.74) is 3.29. The molecule has 0 unspecified atom stereocenters. The molecule has 3 heteroatoms. The molecule has 0 bridgehead atoms. The normalized spacial score (nSPS) is 12.7. The third-order valence-corrected chi connectivity index (χ3v) is 3.35. The Labute approximate surface area is 75.9 Å². The lowest BCUT2D eigenvalue weighted by atomic mass is 10.2. The van der Waals surface area contributed by atoms with Crippen LogP contribution in [0.25, 0.3) is 0 Å². The van der Waals surface area contributed by atoms with Gasteiger partial charge in [-0.2, -0.15) is 0 Å². The molecule has 0 aliphatic rings. The molecule has 0 saturated heterocycles. The summed E-state index contributed by atoms with van der Waals surface area (Å²) >= 11 is 0. The van der Waals surface area contributed by atoms with Crippen molar-refractivity contribution in [2.75, 3.05) is 0 Å². The van der Waals surface area contributed by atoms with Gasteiger partial charge in [-0.05, 0) is 27.3 Å². The molecule has 0 saturated carbocycles. The van der Waals surface area contributed by atoms with Crippen LogP contribution < -0.4 is 0 Å². The van der Waals surface area contributed by atoms with E-state index in [1.807, 2.05) is 27.3 Å². The standard InChI is InChI=1S/C9H18O2Si/c1-7-12(6,8-2)11-10-9(3,4)5/h7-8H,1-2H2,3-6H3. The first kappa shape index (κ1) is 11.6. The Morgan fingerprint density at radius 3 is 1.83 bits per heavy atom. The van der Waals surface area contributed by atoms with Gasteiger partial charge in [-0.3, -0.25) is 4.58 Å². The Balaban J connectivity index is 4.06. The SMILES string of the molecule is C=C[Si](C)(C=C)OOC(C)(C)C. The van der Waals surface area contributed by atoms with Crippen LogP contribution in [0, 0.1) is 0 Å². The molecule has 0 fully saturated rings. The molecule has 0 N–H and O–H groups in total. The molecule has 0 aromatic carbocycles. The highest BCUT2D eigenvalue weighted by Gasteiger charge is 2.25. The maximum atomic E-state index is 5.30. The van der Waals surface area contributed by atoms with Gasteiger partial charge in [0.25, 0.3) is 8.32 Å². The molecule has 70 valence electrons. The molecule has 0 rings (SSSR count). The summed E-state index contributed by atoms with van der Waals surface area (Å²) in [7, 11) is -2.00. The maximum absolute atomic E-state index is 5.30. The van der Waals surface area contributed by atoms with Gasteiger partial charge in [0.2, 0.25) is 0 Å². The zero-order valence-corrected chi connectivity index (χ0v) is 9.39. The van der Waals surface area contributed by atoms with Gasteiger partial charge in [0, 0.05) is 0 Å². The van der Waals surface area contributed by atoms with Crippen LogP contribution in [0.15, 0.2) is 24.6 Å². The van der Waals surface area contributed by atoms with Gasteiger partial charge in [-0.15, -0.1) is 13.2 Å². The fourth-order valence-corrected chi connectivity index (χ4v) is 1.10. The minimum Gasteiger partial charge on any atom is -0.276 e. The fraction of sp³-hybridized carbons (Fsp3) is 0.556. The minimum absolute atomic E-state index is 0.277. The molecule has 0 aliphatic heterocycles. The molecule has 0 radical (unpaired) electrons. The van der Waals surface area contributed by atoms with Crippen molar-refractivity contribution in [1.29, 1.82) is 0 Å². The molecule has 0 atom stereocenters. The van der Waals surface area contributed by atoms with E-state index in [0.29, 0.717) is 0 Å². The van der Waals surface area contributed by atoms with Crippen LogP contribution in [0.3, 0.4) is 0 Å². The smallest absolute Gasteiger partial charge is 0.276 e. The summed E-state index contributed by atoms with van der Waals surface area (Å²) in [6, 6.07) is 0. The summed E-state index contributed by atoms with van der Waals surface area (Å²) in [6.45, 7) is 15.2. The van der Waals surface area contributed by atoms with Gasteiger partial charge < -0.3 is 0 Å². The third kappa shape index (κ3) is 4.49. The highest BCUT2D eigenvalue weighted by atomic mass is 28.4. The van der Waals surface area contributed by atoms with E-state index in [9.17, 15) is 0 Å². The zero-order chi connectivity index (χ0) is 9.83. The Kier molecular flexibility index (Phi) is 3.90. The lowest BCUT2D eigenvalue weighted by Crippen LogP contribution is -2.34. The van der Waals surface area contributed by atoms with E-state index >= 15 is 0 Å². The summed E-state index contributed by atoms with van der Waals surface area (Å²) in [5, 5.41) is 0. The van der Waals surface area contributed by atoms with E-state index in [0.717, 1.165) is 0 Å². The van der Waals surface area contributed by atoms with Gasteiger partial charge >= 0.3 is 0 Å². The van der Waals surface area contributed by atoms with Crippen molar-refractivity contribution in [1.82, 2.24) is 0 Å². The molecule has 12 heavy (non-hydrogen) atoms. The third-order valence-electron chi connectivity index (χ3n) is 1.28. The molecular weight excluding hydrogens is 168 g/mol. The average molecular weight is 186 g/mol. The lowest BCUT2D eigenvalue weighted by molar-refractivity contribution is -0.282. The first-order chi connectivity index (χ1) is 5.33. The van der Waals surface area contributed by atoms with Gasteiger partial charge in [0.15, 0.2) is 0 Å². The van der Waals surface area contributed by atoms with Gasteiger partial charge in [-0.1, -0.05) is 11.4 Å². The van der Waals surface area contributed by atoms with E-state index in [1.165, 1.54) is 0 Å². The molecule has 0 aliphatic carbocycles. The second-order valence-electron chi connectivity index (χ2n) is 3.87. The van der Waals surface area contributed by atoms with Crippen molar-refractivity contribution in [2.24, 2.45) is 0 Å². The van der Waals surface area contributed by atoms with Gasteiger partial charge in [0.1, 0.15) is 0 Å². The van der Waals surface area contributed by atoms with E-state index in [4.69, 9.17) is 9.46 Å². The quantitative estimate of drug-likeness (QED) is 0.382. The van der Waals surface area contributed by atoms with E-state index in [-0.39, 0.29) is 5.60 Å². The number of hydrogen-bond acceptors (Lipinski definition) is 2. The first-order valence-corrected chi connectivity index (χ1v) is 6.53. The summed E-state index contributed by atoms with van der Waals surface area (Å²) < 4.78 is 5.30. The Morgan fingerprint density at radius 1 is 1.17 bits per heavy atom. The summed E-state index contributed by atoms with van der Waals surface area (Å²) in [6.07, 6.45) is 0. The van der Waals surface area contributed by atoms with Crippen molar-refractivity contribution in [2.45, 2.75) is 32.9 Å². The highest BCUT2D eigenvalue weighted by molar-refractivity contribution is 6.81. The van der Waals surface area contributed by atoms with Crippen LogP contribution >= 0.6 is 0 Å². The van der Waals surface area contributed by atoms with Gasteiger partial charge in [0.05, 0.1) is 5.60 Å². The zero-order valence-electron chi connectivity index (χ0n) is 8.39. The van der Waals surface area contributed by atoms with Crippen LogP contribution in [-0.2, 0) is 9.46 Å². The Bertz CT molecular complexity index is 162. The Morgan fingerprint density at radius 2 is 1.58 bits per heavy atom. The maximum Gasteiger partial charge on any atom is 0.282 e. The van der Waals surface area contributed by atoms with E-state index in [2.05, 4.69) is 13.2 Å². The number of rotatable bonds is 4. The number of hydrogen-bond donors (Lipinski definition) is 0. The van der Waals surface area contributed by atoms with Crippen molar-refractivity contribution in [3.8, 4) is 0 Å². The monoisotopic (exact) mass is 186 g/mol. The second-order valence-corrected chi connectivity index (χ2v) is 7.22. The van der Waals surface area contributed by atoms with Crippen LogP contribution in [-0.4, -0.2) is 13.9 Å². The van der Waals surface area contributed by atoms with Crippen molar-refractivity contribution >= 4 is 8.32 Å². The highest BCUT2D eigenvalue weighted by Crippen LogP contribution is 2.14. The summed E-state index contributed by atoms with van der Waals surface area (Å²) in [4.78, 5) is 5.20. The van der Waals surface area contributed by atoms with Crippen LogP contribution in [0.5, 0.6) is 0 Å². The fourth-order valence-electron chi connectivity index (χ4n) is 0.366. The van der Waals surface area contributed by atoms with Crippen molar-refractivity contribution < 1.29 is 9.46 Å². The molecule has 0 amide bonds. The van der Waals surface area contributed by atoms with E-state index < -0.39 is 8.32 Å².